The largest absolute Gasteiger partial charge is 0.457 e. The quantitative estimate of drug-likeness (QED) is 0.473. The number of likely N-dealkylation sites (N-methyl/N-ethyl adjacent to an activating group) is 1. The number of hydrogen-bond acceptors (Lipinski definition) is 5. The molecule has 1 aliphatic rings. The van der Waals surface area contributed by atoms with E-state index in [9.17, 15) is 4.79 Å². The molecule has 0 radical (unpaired) electrons. The van der Waals surface area contributed by atoms with Crippen LogP contribution in [0.25, 0.3) is 17.4 Å². The van der Waals surface area contributed by atoms with Gasteiger partial charge in [0.2, 0.25) is 0 Å². The summed E-state index contributed by atoms with van der Waals surface area (Å²) in [6, 6.07) is 15.3. The fourth-order valence-corrected chi connectivity index (χ4v) is 4.04. The molecular formula is C21H16BrN3O2S. The normalized spacial score (nSPS) is 17.1. The van der Waals surface area contributed by atoms with E-state index in [-0.39, 0.29) is 5.91 Å². The van der Waals surface area contributed by atoms with Crippen molar-refractivity contribution in [3.8, 4) is 11.3 Å². The minimum atomic E-state index is -0.0725. The van der Waals surface area contributed by atoms with Crippen LogP contribution in [0.15, 0.2) is 79.7 Å². The Kier molecular flexibility index (Phi) is 5.45. The molecular weight excluding hydrogens is 438 g/mol. The van der Waals surface area contributed by atoms with Crippen molar-refractivity contribution in [2.45, 2.75) is 6.92 Å². The molecule has 0 bridgehead atoms. The molecule has 1 fully saturated rings. The first-order valence-electron chi connectivity index (χ1n) is 8.70. The summed E-state index contributed by atoms with van der Waals surface area (Å²) >= 11 is 4.77. The second kappa shape index (κ2) is 8.16. The van der Waals surface area contributed by atoms with E-state index in [1.54, 1.807) is 23.4 Å². The van der Waals surface area contributed by atoms with Crippen LogP contribution < -0.4 is 0 Å². The lowest BCUT2D eigenvalue weighted by molar-refractivity contribution is -0.122. The van der Waals surface area contributed by atoms with Crippen LogP contribution in [0.5, 0.6) is 0 Å². The molecule has 0 spiro atoms. The maximum atomic E-state index is 12.7. The number of amidine groups is 1. The number of amides is 1. The third kappa shape index (κ3) is 3.95. The van der Waals surface area contributed by atoms with Crippen molar-refractivity contribution in [2.75, 3.05) is 6.54 Å². The van der Waals surface area contributed by atoms with Gasteiger partial charge in [-0.05, 0) is 55.1 Å². The van der Waals surface area contributed by atoms with Crippen LogP contribution in [-0.4, -0.2) is 27.5 Å². The van der Waals surface area contributed by atoms with E-state index in [0.717, 1.165) is 15.8 Å². The maximum Gasteiger partial charge on any atom is 0.266 e. The van der Waals surface area contributed by atoms with Crippen molar-refractivity contribution in [2.24, 2.45) is 4.99 Å². The Bertz CT molecular complexity index is 1060. The molecule has 0 atom stereocenters. The molecule has 2 aromatic heterocycles. The van der Waals surface area contributed by atoms with Gasteiger partial charge in [-0.2, -0.15) is 0 Å². The highest BCUT2D eigenvalue weighted by molar-refractivity contribution is 9.10. The monoisotopic (exact) mass is 453 g/mol. The average Bonchev–Trinajstić information content (AvgIpc) is 3.28. The summed E-state index contributed by atoms with van der Waals surface area (Å²) in [5.41, 5.74) is 1.69. The van der Waals surface area contributed by atoms with Gasteiger partial charge in [-0.1, -0.05) is 28.1 Å². The molecule has 1 saturated heterocycles. The van der Waals surface area contributed by atoms with Crippen LogP contribution >= 0.6 is 27.7 Å². The number of thioether (sulfide) groups is 1. The summed E-state index contributed by atoms with van der Waals surface area (Å²) in [5.74, 6) is 1.32. The van der Waals surface area contributed by atoms with Crippen LogP contribution in [0, 0.1) is 0 Å². The topological polar surface area (TPSA) is 58.7 Å². The van der Waals surface area contributed by atoms with Crippen molar-refractivity contribution in [1.29, 1.82) is 0 Å². The third-order valence-corrected chi connectivity index (χ3v) is 5.64. The molecule has 5 nitrogen and oxygen atoms in total. The van der Waals surface area contributed by atoms with Crippen molar-refractivity contribution < 1.29 is 9.21 Å². The highest BCUT2D eigenvalue weighted by atomic mass is 79.9. The molecule has 1 aromatic carbocycles. The van der Waals surface area contributed by atoms with Gasteiger partial charge in [0.15, 0.2) is 5.17 Å². The van der Waals surface area contributed by atoms with Gasteiger partial charge in [0, 0.05) is 28.9 Å². The zero-order valence-corrected chi connectivity index (χ0v) is 17.4. The Balaban J connectivity index is 1.60. The lowest BCUT2D eigenvalue weighted by Gasteiger charge is -2.11. The zero-order chi connectivity index (χ0) is 19.5. The number of furan rings is 1. The van der Waals surface area contributed by atoms with Crippen molar-refractivity contribution >= 4 is 50.5 Å². The minimum Gasteiger partial charge on any atom is -0.457 e. The first-order chi connectivity index (χ1) is 13.6. The summed E-state index contributed by atoms with van der Waals surface area (Å²) < 4.78 is 6.93. The van der Waals surface area contributed by atoms with Crippen molar-refractivity contribution in [3.63, 3.8) is 0 Å². The number of rotatable bonds is 4. The SMILES string of the molecule is CCN1C(=O)/C(=C\c2ccc(-c3ccc(Br)cc3)o2)SC1=Nc1cccnc1. The molecule has 0 N–H and O–H groups in total. The van der Waals surface area contributed by atoms with Crippen LogP contribution in [-0.2, 0) is 4.79 Å². The molecule has 0 aliphatic carbocycles. The molecule has 1 aliphatic heterocycles. The smallest absolute Gasteiger partial charge is 0.266 e. The van der Waals surface area contributed by atoms with Crippen LogP contribution in [0.1, 0.15) is 12.7 Å². The Hall–Kier alpha value is -2.64. The summed E-state index contributed by atoms with van der Waals surface area (Å²) in [4.78, 5) is 23.6. The number of aromatic nitrogens is 1. The summed E-state index contributed by atoms with van der Waals surface area (Å²) in [7, 11) is 0. The van der Waals surface area contributed by atoms with E-state index in [4.69, 9.17) is 4.42 Å². The van der Waals surface area contributed by atoms with E-state index >= 15 is 0 Å². The van der Waals surface area contributed by atoms with Gasteiger partial charge in [-0.15, -0.1) is 0 Å². The number of halogens is 1. The second-order valence-corrected chi connectivity index (χ2v) is 7.90. The van der Waals surface area contributed by atoms with Gasteiger partial charge in [-0.3, -0.25) is 14.7 Å². The number of pyridine rings is 1. The lowest BCUT2D eigenvalue weighted by atomic mass is 10.2. The average molecular weight is 454 g/mol. The second-order valence-electron chi connectivity index (χ2n) is 5.97. The van der Waals surface area contributed by atoms with Gasteiger partial charge in [-0.25, -0.2) is 4.99 Å². The maximum absolute atomic E-state index is 12.7. The van der Waals surface area contributed by atoms with Crippen LogP contribution in [0.2, 0.25) is 0 Å². The number of benzene rings is 1. The Morgan fingerprint density at radius 3 is 2.75 bits per heavy atom. The van der Waals surface area contributed by atoms with E-state index in [1.165, 1.54) is 11.8 Å². The Labute approximate surface area is 175 Å². The van der Waals surface area contributed by atoms with E-state index in [1.807, 2.05) is 55.5 Å². The van der Waals surface area contributed by atoms with Gasteiger partial charge < -0.3 is 4.42 Å². The highest BCUT2D eigenvalue weighted by Crippen LogP contribution is 2.34. The molecule has 28 heavy (non-hydrogen) atoms. The fourth-order valence-electron chi connectivity index (χ4n) is 2.73. The minimum absolute atomic E-state index is 0.0725. The first-order valence-corrected chi connectivity index (χ1v) is 10.3. The molecule has 4 rings (SSSR count). The number of nitrogens with zero attached hydrogens (tertiary/aromatic N) is 3. The summed E-state index contributed by atoms with van der Waals surface area (Å²) in [6.45, 7) is 2.48. The Morgan fingerprint density at radius 1 is 1.21 bits per heavy atom. The van der Waals surface area contributed by atoms with Gasteiger partial charge >= 0.3 is 0 Å². The van der Waals surface area contributed by atoms with Crippen LogP contribution in [0.3, 0.4) is 0 Å². The van der Waals surface area contributed by atoms with E-state index < -0.39 is 0 Å². The van der Waals surface area contributed by atoms with Crippen LogP contribution in [0.4, 0.5) is 5.69 Å². The van der Waals surface area contributed by atoms with Crippen molar-refractivity contribution in [1.82, 2.24) is 9.88 Å². The Morgan fingerprint density at radius 2 is 2.04 bits per heavy atom. The standard InChI is InChI=1S/C21H16BrN3O2S/c1-2-25-20(26)19(28-21(25)24-16-4-3-11-23-13-16)12-17-9-10-18(27-17)14-5-7-15(22)8-6-14/h3-13H,2H2,1H3/b19-12+,24-21?. The first kappa shape index (κ1) is 18.7. The van der Waals surface area contributed by atoms with E-state index in [0.29, 0.717) is 28.1 Å². The number of carbonyl (C=O) groups is 1. The molecule has 0 saturated carbocycles. The number of hydrogen-bond donors (Lipinski definition) is 0. The predicted octanol–water partition coefficient (Wildman–Crippen LogP) is 5.73. The number of carbonyl (C=O) groups excluding carboxylic acids is 1. The molecule has 7 heteroatoms. The van der Waals surface area contributed by atoms with Gasteiger partial charge in [0.25, 0.3) is 5.91 Å². The molecule has 1 amide bonds. The van der Waals surface area contributed by atoms with E-state index in [2.05, 4.69) is 25.9 Å². The molecule has 3 heterocycles. The fraction of sp³-hybridized carbons (Fsp3) is 0.0952. The molecule has 0 unspecified atom stereocenters. The third-order valence-electron chi connectivity index (χ3n) is 4.10. The van der Waals surface area contributed by atoms with Crippen molar-refractivity contribution in [3.05, 3.63) is 76.1 Å². The zero-order valence-electron chi connectivity index (χ0n) is 15.0. The number of aliphatic imine (C=N–C) groups is 1. The lowest BCUT2D eigenvalue weighted by Crippen LogP contribution is -2.28. The summed E-state index contributed by atoms with van der Waals surface area (Å²) in [6.07, 6.45) is 5.13. The van der Waals surface area contributed by atoms with Gasteiger partial charge in [0.1, 0.15) is 11.5 Å². The summed E-state index contributed by atoms with van der Waals surface area (Å²) in [5, 5.41) is 0.645. The molecule has 140 valence electrons. The predicted molar refractivity (Wildman–Crippen MR) is 116 cm³/mol. The van der Waals surface area contributed by atoms with Gasteiger partial charge in [0.05, 0.1) is 16.8 Å². The highest BCUT2D eigenvalue weighted by Gasteiger charge is 2.32. The molecule has 3 aromatic rings.